The minimum absolute atomic E-state index is 0.927. The van der Waals surface area contributed by atoms with Crippen molar-refractivity contribution >= 4 is 0 Å². The lowest BCUT2D eigenvalue weighted by Gasteiger charge is -2.12. The molecule has 3 saturated carbocycles. The smallest absolute Gasteiger partial charge is 0.00751 e. The van der Waals surface area contributed by atoms with Crippen LogP contribution in [0.2, 0.25) is 0 Å². The number of rotatable bonds is 2. The lowest BCUT2D eigenvalue weighted by Crippen LogP contribution is -2.29. The minimum atomic E-state index is 0.927. The molecule has 3 fully saturated rings. The van der Waals surface area contributed by atoms with Crippen LogP contribution in [0.4, 0.5) is 0 Å². The molecule has 2 atom stereocenters. The third-order valence-corrected chi connectivity index (χ3v) is 3.29. The van der Waals surface area contributed by atoms with Crippen molar-refractivity contribution in [1.29, 1.82) is 0 Å². The highest BCUT2D eigenvalue weighted by molar-refractivity contribution is 5.00. The van der Waals surface area contributed by atoms with E-state index in [0.29, 0.717) is 0 Å². The maximum absolute atomic E-state index is 3.71. The number of nitrogens with one attached hydrogen (secondary N) is 1. The monoisotopic (exact) mass is 137 g/mol. The molecule has 0 aliphatic heterocycles. The van der Waals surface area contributed by atoms with E-state index in [4.69, 9.17) is 0 Å². The lowest BCUT2D eigenvalue weighted by atomic mass is 10.1. The van der Waals surface area contributed by atoms with E-state index < -0.39 is 0 Å². The first-order valence-electron chi connectivity index (χ1n) is 4.68. The van der Waals surface area contributed by atoms with Gasteiger partial charge in [-0.05, 0) is 43.9 Å². The predicted molar refractivity (Wildman–Crippen MR) is 40.8 cm³/mol. The van der Waals surface area contributed by atoms with Gasteiger partial charge < -0.3 is 5.32 Å². The number of hydrogen-bond acceptors (Lipinski definition) is 1. The maximum atomic E-state index is 3.71. The van der Waals surface area contributed by atoms with Gasteiger partial charge in [0.2, 0.25) is 0 Å². The zero-order valence-electron chi connectivity index (χ0n) is 6.34. The van der Waals surface area contributed by atoms with E-state index in [1.165, 1.54) is 25.7 Å². The summed E-state index contributed by atoms with van der Waals surface area (Å²) in [5.74, 6) is 2.30. The second kappa shape index (κ2) is 1.76. The van der Waals surface area contributed by atoms with Crippen LogP contribution in [0, 0.1) is 11.8 Å². The Kier molecular flexibility index (Phi) is 0.984. The van der Waals surface area contributed by atoms with Crippen molar-refractivity contribution in [3.05, 3.63) is 0 Å². The molecule has 1 N–H and O–H groups in total. The molecule has 2 unspecified atom stereocenters. The fourth-order valence-corrected chi connectivity index (χ4v) is 2.43. The molecule has 0 aromatic carbocycles. The fraction of sp³-hybridized carbons (Fsp3) is 1.00. The molecule has 0 amide bonds. The first-order chi connectivity index (χ1) is 4.92. The Labute approximate surface area is 62.2 Å². The van der Waals surface area contributed by atoms with Crippen LogP contribution in [0.25, 0.3) is 0 Å². The summed E-state index contributed by atoms with van der Waals surface area (Å²) in [6.45, 7) is 0. The van der Waals surface area contributed by atoms with Crippen molar-refractivity contribution in [2.75, 3.05) is 0 Å². The third-order valence-electron chi connectivity index (χ3n) is 3.29. The largest absolute Gasteiger partial charge is 0.311 e. The summed E-state index contributed by atoms with van der Waals surface area (Å²) in [7, 11) is 0. The Bertz CT molecular complexity index is 141. The van der Waals surface area contributed by atoms with Gasteiger partial charge in [0, 0.05) is 12.1 Å². The lowest BCUT2D eigenvalue weighted by molar-refractivity contribution is 0.478. The van der Waals surface area contributed by atoms with E-state index in [9.17, 15) is 0 Å². The van der Waals surface area contributed by atoms with Gasteiger partial charge in [-0.2, -0.15) is 0 Å². The summed E-state index contributed by atoms with van der Waals surface area (Å²) in [4.78, 5) is 0. The Morgan fingerprint density at radius 2 is 1.50 bits per heavy atom. The summed E-state index contributed by atoms with van der Waals surface area (Å²) in [6, 6.07) is 1.86. The first-order valence-corrected chi connectivity index (χ1v) is 4.68. The first kappa shape index (κ1) is 5.59. The predicted octanol–water partition coefficient (Wildman–Crippen LogP) is 1.54. The third kappa shape index (κ3) is 0.878. The van der Waals surface area contributed by atoms with Crippen LogP contribution in [0.5, 0.6) is 0 Å². The van der Waals surface area contributed by atoms with E-state index in [-0.39, 0.29) is 0 Å². The maximum Gasteiger partial charge on any atom is 0.00751 e. The zero-order valence-corrected chi connectivity index (χ0v) is 6.34. The van der Waals surface area contributed by atoms with Crippen LogP contribution in [0.3, 0.4) is 0 Å². The average molecular weight is 137 g/mol. The standard InChI is InChI=1S/C9H15N/c1-2-8(1)10-9-4-6-3-7(6)5-9/h6-10H,1-5H2. The highest BCUT2D eigenvalue weighted by Gasteiger charge is 2.46. The van der Waals surface area contributed by atoms with Crippen LogP contribution in [-0.4, -0.2) is 12.1 Å². The molecular formula is C9H15N. The normalized spacial score (nSPS) is 51.0. The second-order valence-electron chi connectivity index (χ2n) is 4.37. The second-order valence-corrected chi connectivity index (χ2v) is 4.37. The molecule has 0 saturated heterocycles. The van der Waals surface area contributed by atoms with Gasteiger partial charge in [0.25, 0.3) is 0 Å². The Hall–Kier alpha value is -0.0400. The molecule has 3 aliphatic carbocycles. The molecule has 3 rings (SSSR count). The Balaban J connectivity index is 1.54. The molecule has 0 heterocycles. The summed E-state index contributed by atoms with van der Waals surface area (Å²) in [5.41, 5.74) is 0. The fourth-order valence-electron chi connectivity index (χ4n) is 2.43. The van der Waals surface area contributed by atoms with Gasteiger partial charge in [-0.1, -0.05) is 0 Å². The molecule has 10 heavy (non-hydrogen) atoms. The van der Waals surface area contributed by atoms with Gasteiger partial charge in [-0.15, -0.1) is 0 Å². The summed E-state index contributed by atoms with van der Waals surface area (Å²) in [5, 5.41) is 3.71. The van der Waals surface area contributed by atoms with Crippen molar-refractivity contribution < 1.29 is 0 Å². The highest BCUT2D eigenvalue weighted by atomic mass is 15.0. The number of fused-ring (bicyclic) bond motifs is 1. The topological polar surface area (TPSA) is 12.0 Å². The minimum Gasteiger partial charge on any atom is -0.311 e. The van der Waals surface area contributed by atoms with E-state index in [0.717, 1.165) is 23.9 Å². The molecule has 3 aliphatic rings. The molecule has 0 bridgehead atoms. The Morgan fingerprint density at radius 3 is 2.10 bits per heavy atom. The van der Waals surface area contributed by atoms with Crippen LogP contribution < -0.4 is 5.32 Å². The summed E-state index contributed by atoms with van der Waals surface area (Å²) < 4.78 is 0. The van der Waals surface area contributed by atoms with E-state index in [2.05, 4.69) is 5.32 Å². The number of hydrogen-bond donors (Lipinski definition) is 1. The van der Waals surface area contributed by atoms with Crippen LogP contribution in [-0.2, 0) is 0 Å². The van der Waals surface area contributed by atoms with Gasteiger partial charge in [0.1, 0.15) is 0 Å². The van der Waals surface area contributed by atoms with Gasteiger partial charge >= 0.3 is 0 Å². The molecule has 56 valence electrons. The molecular weight excluding hydrogens is 122 g/mol. The van der Waals surface area contributed by atoms with Crippen molar-refractivity contribution in [2.24, 2.45) is 11.8 Å². The summed E-state index contributed by atoms with van der Waals surface area (Å²) >= 11 is 0. The molecule has 0 aromatic heterocycles. The van der Waals surface area contributed by atoms with Crippen LogP contribution in [0.1, 0.15) is 32.1 Å². The molecule has 1 heteroatoms. The SMILES string of the molecule is C1CC1NC1CC2CC2C1. The van der Waals surface area contributed by atoms with Crippen LogP contribution in [0.15, 0.2) is 0 Å². The quantitative estimate of drug-likeness (QED) is 0.608. The molecule has 0 aromatic rings. The van der Waals surface area contributed by atoms with E-state index >= 15 is 0 Å². The van der Waals surface area contributed by atoms with E-state index in [1.54, 1.807) is 6.42 Å². The molecule has 0 spiro atoms. The van der Waals surface area contributed by atoms with Crippen molar-refractivity contribution in [1.82, 2.24) is 5.32 Å². The van der Waals surface area contributed by atoms with Gasteiger partial charge in [0.15, 0.2) is 0 Å². The van der Waals surface area contributed by atoms with E-state index in [1.807, 2.05) is 0 Å². The zero-order chi connectivity index (χ0) is 6.55. The van der Waals surface area contributed by atoms with Gasteiger partial charge in [-0.3, -0.25) is 0 Å². The van der Waals surface area contributed by atoms with Crippen molar-refractivity contribution in [3.8, 4) is 0 Å². The van der Waals surface area contributed by atoms with Gasteiger partial charge in [0.05, 0.1) is 0 Å². The van der Waals surface area contributed by atoms with Crippen LogP contribution >= 0.6 is 0 Å². The highest BCUT2D eigenvalue weighted by Crippen LogP contribution is 2.52. The average Bonchev–Trinajstić information content (AvgIpc) is 2.78. The molecule has 0 radical (unpaired) electrons. The van der Waals surface area contributed by atoms with Gasteiger partial charge in [-0.25, -0.2) is 0 Å². The Morgan fingerprint density at radius 1 is 0.800 bits per heavy atom. The summed E-state index contributed by atoms with van der Waals surface area (Å²) in [6.07, 6.45) is 7.46. The molecule has 1 nitrogen and oxygen atoms in total. The van der Waals surface area contributed by atoms with Crippen molar-refractivity contribution in [2.45, 2.75) is 44.2 Å². The van der Waals surface area contributed by atoms with Crippen molar-refractivity contribution in [3.63, 3.8) is 0 Å².